The standard InChI is InChI=1S/C15H17N3OS/c1-2-17-15(19)18-14-9-8-12(10-13(14)16)20-11-6-4-3-5-7-11/h3-10H,2,16H2,1H3,(H2,17,18,19). The molecule has 0 aliphatic rings. The molecule has 0 saturated carbocycles. The Morgan fingerprint density at radius 3 is 2.55 bits per heavy atom. The van der Waals surface area contributed by atoms with E-state index >= 15 is 0 Å². The zero-order valence-electron chi connectivity index (χ0n) is 11.2. The minimum absolute atomic E-state index is 0.248. The second-order valence-electron chi connectivity index (χ2n) is 4.15. The van der Waals surface area contributed by atoms with E-state index in [2.05, 4.69) is 10.6 Å². The summed E-state index contributed by atoms with van der Waals surface area (Å²) in [6.45, 7) is 2.44. The lowest BCUT2D eigenvalue weighted by Gasteiger charge is -2.10. The number of carbonyl (C=O) groups excluding carboxylic acids is 1. The zero-order chi connectivity index (χ0) is 14.4. The predicted molar refractivity (Wildman–Crippen MR) is 84.1 cm³/mol. The Morgan fingerprint density at radius 1 is 1.15 bits per heavy atom. The highest BCUT2D eigenvalue weighted by molar-refractivity contribution is 7.99. The Balaban J connectivity index is 2.08. The Morgan fingerprint density at radius 2 is 1.90 bits per heavy atom. The van der Waals surface area contributed by atoms with Gasteiger partial charge in [0, 0.05) is 16.3 Å². The van der Waals surface area contributed by atoms with Gasteiger partial charge < -0.3 is 16.4 Å². The smallest absolute Gasteiger partial charge is 0.319 e. The maximum absolute atomic E-state index is 11.5. The fraction of sp³-hybridized carbons (Fsp3) is 0.133. The third-order valence-electron chi connectivity index (χ3n) is 2.59. The summed E-state index contributed by atoms with van der Waals surface area (Å²) in [7, 11) is 0. The maximum atomic E-state index is 11.5. The van der Waals surface area contributed by atoms with Crippen LogP contribution < -0.4 is 16.4 Å². The first-order chi connectivity index (χ1) is 9.69. The molecule has 2 amide bonds. The third kappa shape index (κ3) is 3.93. The highest BCUT2D eigenvalue weighted by Crippen LogP contribution is 2.31. The maximum Gasteiger partial charge on any atom is 0.319 e. The number of urea groups is 1. The predicted octanol–water partition coefficient (Wildman–Crippen LogP) is 3.56. The van der Waals surface area contributed by atoms with Crippen LogP contribution in [0.2, 0.25) is 0 Å². The van der Waals surface area contributed by atoms with E-state index in [9.17, 15) is 4.79 Å². The van der Waals surface area contributed by atoms with Crippen LogP contribution in [0, 0.1) is 0 Å². The SMILES string of the molecule is CCNC(=O)Nc1ccc(Sc2ccccc2)cc1N. The van der Waals surface area contributed by atoms with Crippen LogP contribution in [-0.4, -0.2) is 12.6 Å². The summed E-state index contributed by atoms with van der Waals surface area (Å²) in [6.07, 6.45) is 0. The number of benzene rings is 2. The van der Waals surface area contributed by atoms with Gasteiger partial charge in [-0.2, -0.15) is 0 Å². The molecule has 0 spiro atoms. The van der Waals surface area contributed by atoms with Crippen LogP contribution in [0.4, 0.5) is 16.2 Å². The van der Waals surface area contributed by atoms with Crippen LogP contribution in [0.5, 0.6) is 0 Å². The Labute approximate surface area is 122 Å². The molecule has 4 N–H and O–H groups in total. The molecule has 5 heteroatoms. The lowest BCUT2D eigenvalue weighted by atomic mass is 10.3. The van der Waals surface area contributed by atoms with Gasteiger partial charge in [-0.15, -0.1) is 0 Å². The van der Waals surface area contributed by atoms with Gasteiger partial charge in [-0.25, -0.2) is 4.79 Å². The molecule has 2 aromatic carbocycles. The van der Waals surface area contributed by atoms with Gasteiger partial charge in [0.2, 0.25) is 0 Å². The minimum Gasteiger partial charge on any atom is -0.397 e. The molecule has 0 bridgehead atoms. The first kappa shape index (κ1) is 14.3. The summed E-state index contributed by atoms with van der Waals surface area (Å²) in [5.41, 5.74) is 7.14. The second kappa shape index (κ2) is 6.86. The van der Waals surface area contributed by atoms with Crippen molar-refractivity contribution in [2.45, 2.75) is 16.7 Å². The summed E-state index contributed by atoms with van der Waals surface area (Å²) in [5, 5.41) is 5.38. The second-order valence-corrected chi connectivity index (χ2v) is 5.30. The van der Waals surface area contributed by atoms with Gasteiger partial charge >= 0.3 is 6.03 Å². The summed E-state index contributed by atoms with van der Waals surface area (Å²) in [6, 6.07) is 15.4. The number of hydrogen-bond acceptors (Lipinski definition) is 3. The quantitative estimate of drug-likeness (QED) is 0.753. The average molecular weight is 287 g/mol. The van der Waals surface area contributed by atoms with Crippen molar-refractivity contribution >= 4 is 29.2 Å². The normalized spacial score (nSPS) is 10.1. The van der Waals surface area contributed by atoms with E-state index in [-0.39, 0.29) is 6.03 Å². The van der Waals surface area contributed by atoms with Crippen molar-refractivity contribution in [3.05, 3.63) is 48.5 Å². The van der Waals surface area contributed by atoms with Crippen molar-refractivity contribution in [3.8, 4) is 0 Å². The molecule has 0 radical (unpaired) electrons. The van der Waals surface area contributed by atoms with Gasteiger partial charge in [-0.1, -0.05) is 30.0 Å². The number of nitrogens with two attached hydrogens (primary N) is 1. The van der Waals surface area contributed by atoms with Crippen LogP contribution >= 0.6 is 11.8 Å². The van der Waals surface area contributed by atoms with E-state index in [1.165, 1.54) is 0 Å². The molecular formula is C15H17N3OS. The highest BCUT2D eigenvalue weighted by Gasteiger charge is 2.05. The average Bonchev–Trinajstić information content (AvgIpc) is 2.43. The molecule has 0 aromatic heterocycles. The molecule has 2 rings (SSSR count). The van der Waals surface area contributed by atoms with Gasteiger partial charge in [0.05, 0.1) is 11.4 Å². The van der Waals surface area contributed by atoms with Gasteiger partial charge in [-0.3, -0.25) is 0 Å². The van der Waals surface area contributed by atoms with E-state index in [0.29, 0.717) is 17.9 Å². The number of hydrogen-bond donors (Lipinski definition) is 3. The minimum atomic E-state index is -0.248. The molecule has 2 aromatic rings. The molecule has 0 aliphatic heterocycles. The lowest BCUT2D eigenvalue weighted by Crippen LogP contribution is -2.28. The van der Waals surface area contributed by atoms with Crippen molar-refractivity contribution in [2.75, 3.05) is 17.6 Å². The summed E-state index contributed by atoms with van der Waals surface area (Å²) in [4.78, 5) is 13.6. The Hall–Kier alpha value is -2.14. The first-order valence-corrected chi connectivity index (χ1v) is 7.18. The van der Waals surface area contributed by atoms with Crippen molar-refractivity contribution < 1.29 is 4.79 Å². The van der Waals surface area contributed by atoms with E-state index in [0.717, 1.165) is 9.79 Å². The van der Waals surface area contributed by atoms with E-state index < -0.39 is 0 Å². The number of nitrogen functional groups attached to an aromatic ring is 1. The van der Waals surface area contributed by atoms with Crippen LogP contribution in [0.1, 0.15) is 6.92 Å². The molecule has 0 aliphatic carbocycles. The van der Waals surface area contributed by atoms with Crippen LogP contribution in [0.3, 0.4) is 0 Å². The van der Waals surface area contributed by atoms with Crippen molar-refractivity contribution in [3.63, 3.8) is 0 Å². The molecule has 0 unspecified atom stereocenters. The Bertz CT molecular complexity index is 587. The first-order valence-electron chi connectivity index (χ1n) is 6.36. The summed E-state index contributed by atoms with van der Waals surface area (Å²) in [5.74, 6) is 0. The fourth-order valence-electron chi connectivity index (χ4n) is 1.67. The van der Waals surface area contributed by atoms with Crippen molar-refractivity contribution in [1.82, 2.24) is 5.32 Å². The van der Waals surface area contributed by atoms with Crippen molar-refractivity contribution in [2.24, 2.45) is 0 Å². The van der Waals surface area contributed by atoms with Gasteiger partial charge in [0.1, 0.15) is 0 Å². The van der Waals surface area contributed by atoms with Crippen LogP contribution in [-0.2, 0) is 0 Å². The summed E-state index contributed by atoms with van der Waals surface area (Å²) >= 11 is 1.63. The number of anilines is 2. The zero-order valence-corrected chi connectivity index (χ0v) is 12.0. The fourth-order valence-corrected chi connectivity index (χ4v) is 2.56. The van der Waals surface area contributed by atoms with Crippen LogP contribution in [0.15, 0.2) is 58.3 Å². The highest BCUT2D eigenvalue weighted by atomic mass is 32.2. The van der Waals surface area contributed by atoms with Crippen LogP contribution in [0.25, 0.3) is 0 Å². The summed E-state index contributed by atoms with van der Waals surface area (Å²) < 4.78 is 0. The molecule has 20 heavy (non-hydrogen) atoms. The molecule has 0 atom stereocenters. The van der Waals surface area contributed by atoms with Crippen molar-refractivity contribution in [1.29, 1.82) is 0 Å². The number of rotatable bonds is 4. The van der Waals surface area contributed by atoms with E-state index in [1.54, 1.807) is 11.8 Å². The Kier molecular flexibility index (Phi) is 4.90. The monoisotopic (exact) mass is 287 g/mol. The third-order valence-corrected chi connectivity index (χ3v) is 3.58. The molecule has 0 saturated heterocycles. The molecular weight excluding hydrogens is 270 g/mol. The van der Waals surface area contributed by atoms with Gasteiger partial charge in [0.15, 0.2) is 0 Å². The number of nitrogens with one attached hydrogen (secondary N) is 2. The van der Waals surface area contributed by atoms with E-state index in [4.69, 9.17) is 5.73 Å². The molecule has 104 valence electrons. The molecule has 0 fully saturated rings. The lowest BCUT2D eigenvalue weighted by molar-refractivity contribution is 0.252. The molecule has 4 nitrogen and oxygen atoms in total. The topological polar surface area (TPSA) is 67.2 Å². The largest absolute Gasteiger partial charge is 0.397 e. The van der Waals surface area contributed by atoms with Gasteiger partial charge in [0.25, 0.3) is 0 Å². The molecule has 0 heterocycles. The number of amides is 2. The van der Waals surface area contributed by atoms with E-state index in [1.807, 2.05) is 55.5 Å². The number of carbonyl (C=O) groups is 1. The van der Waals surface area contributed by atoms with Gasteiger partial charge in [-0.05, 0) is 37.3 Å².